The minimum Gasteiger partial charge on any atom is -0.456 e. The van der Waals surface area contributed by atoms with E-state index < -0.39 is 0 Å². The molecular formula is C43H27N3O. The van der Waals surface area contributed by atoms with E-state index >= 15 is 0 Å². The zero-order chi connectivity index (χ0) is 31.2. The van der Waals surface area contributed by atoms with Crippen molar-refractivity contribution in [1.82, 2.24) is 15.0 Å². The van der Waals surface area contributed by atoms with Crippen molar-refractivity contribution in [1.29, 1.82) is 0 Å². The quantitative estimate of drug-likeness (QED) is 0.197. The number of nitrogens with zero attached hydrogens (tertiary/aromatic N) is 3. The molecule has 0 aliphatic carbocycles. The van der Waals surface area contributed by atoms with E-state index in [9.17, 15) is 0 Å². The first-order chi connectivity index (χ1) is 23.3. The van der Waals surface area contributed by atoms with E-state index in [1.54, 1.807) is 0 Å². The Kier molecular flexibility index (Phi) is 6.43. The lowest BCUT2D eigenvalue weighted by molar-refractivity contribution is 0.669. The van der Waals surface area contributed by atoms with Gasteiger partial charge in [0, 0.05) is 27.5 Å². The third-order valence-electron chi connectivity index (χ3n) is 8.75. The molecule has 47 heavy (non-hydrogen) atoms. The fourth-order valence-corrected chi connectivity index (χ4v) is 6.42. The van der Waals surface area contributed by atoms with Crippen LogP contribution >= 0.6 is 0 Å². The first-order valence-electron chi connectivity index (χ1n) is 15.7. The second kappa shape index (κ2) is 11.2. The Hall–Kier alpha value is -6.39. The summed E-state index contributed by atoms with van der Waals surface area (Å²) in [5.74, 6) is 1.83. The molecule has 0 spiro atoms. The number of hydrogen-bond donors (Lipinski definition) is 0. The summed E-state index contributed by atoms with van der Waals surface area (Å²) in [5.41, 5.74) is 8.81. The van der Waals surface area contributed by atoms with Crippen molar-refractivity contribution in [3.63, 3.8) is 0 Å². The van der Waals surface area contributed by atoms with Gasteiger partial charge in [-0.2, -0.15) is 0 Å². The van der Waals surface area contributed by atoms with Gasteiger partial charge in [0.05, 0.1) is 0 Å². The molecule has 2 aromatic heterocycles. The van der Waals surface area contributed by atoms with E-state index in [2.05, 4.69) is 103 Å². The van der Waals surface area contributed by atoms with Crippen molar-refractivity contribution in [2.24, 2.45) is 0 Å². The highest BCUT2D eigenvalue weighted by molar-refractivity contribution is 6.15. The first-order valence-corrected chi connectivity index (χ1v) is 15.7. The lowest BCUT2D eigenvalue weighted by Gasteiger charge is -2.13. The Bertz CT molecular complexity index is 2550. The molecule has 4 heteroatoms. The second-order valence-electron chi connectivity index (χ2n) is 11.6. The van der Waals surface area contributed by atoms with Crippen LogP contribution in [0.1, 0.15) is 0 Å². The Labute approximate surface area is 271 Å². The minimum atomic E-state index is 0.600. The largest absolute Gasteiger partial charge is 0.456 e. The van der Waals surface area contributed by atoms with Crippen LogP contribution < -0.4 is 0 Å². The Morgan fingerprint density at radius 2 is 0.936 bits per heavy atom. The van der Waals surface area contributed by atoms with Gasteiger partial charge < -0.3 is 4.42 Å². The summed E-state index contributed by atoms with van der Waals surface area (Å²) < 4.78 is 6.35. The van der Waals surface area contributed by atoms with E-state index in [1.807, 2.05) is 60.7 Å². The van der Waals surface area contributed by atoms with Gasteiger partial charge in [0.25, 0.3) is 0 Å². The molecular weight excluding hydrogens is 574 g/mol. The average molecular weight is 602 g/mol. The van der Waals surface area contributed by atoms with Crippen LogP contribution in [0.5, 0.6) is 0 Å². The maximum absolute atomic E-state index is 6.35. The van der Waals surface area contributed by atoms with Crippen molar-refractivity contribution >= 4 is 32.7 Å². The third-order valence-corrected chi connectivity index (χ3v) is 8.75. The highest BCUT2D eigenvalue weighted by Crippen LogP contribution is 2.42. The molecule has 0 unspecified atom stereocenters. The molecule has 9 aromatic rings. The molecule has 9 rings (SSSR count). The number of rotatable bonds is 5. The standard InChI is InChI=1S/C43H27N3O/c1-3-12-30(13-4-1)35-25-26-38-39(36-17-9-10-18-37(36)47-38)40(35)43-45-41(31-14-5-2-6-15-31)44-42(46-43)32-22-19-29(20-23-32)34-24-21-28-11-7-8-16-33(28)27-34/h1-27H. The van der Waals surface area contributed by atoms with Crippen LogP contribution in [0.15, 0.2) is 168 Å². The van der Waals surface area contributed by atoms with Crippen LogP contribution in [-0.4, -0.2) is 15.0 Å². The molecule has 0 atom stereocenters. The molecule has 7 aromatic carbocycles. The van der Waals surface area contributed by atoms with E-state index in [-0.39, 0.29) is 0 Å². The van der Waals surface area contributed by atoms with Gasteiger partial charge in [-0.25, -0.2) is 15.0 Å². The third kappa shape index (κ3) is 4.84. The summed E-state index contributed by atoms with van der Waals surface area (Å²) in [5, 5.41) is 4.47. The van der Waals surface area contributed by atoms with Crippen molar-refractivity contribution in [2.75, 3.05) is 0 Å². The van der Waals surface area contributed by atoms with Crippen LogP contribution in [0.2, 0.25) is 0 Å². The number of para-hydroxylation sites is 1. The molecule has 0 N–H and O–H groups in total. The van der Waals surface area contributed by atoms with Crippen LogP contribution in [0.4, 0.5) is 0 Å². The van der Waals surface area contributed by atoms with Crippen molar-refractivity contribution in [3.8, 4) is 56.4 Å². The van der Waals surface area contributed by atoms with Crippen LogP contribution in [0.25, 0.3) is 89.1 Å². The normalized spacial score (nSPS) is 11.4. The van der Waals surface area contributed by atoms with E-state index in [4.69, 9.17) is 19.4 Å². The molecule has 0 aliphatic heterocycles. The van der Waals surface area contributed by atoms with E-state index in [0.29, 0.717) is 17.5 Å². The lowest BCUT2D eigenvalue weighted by Crippen LogP contribution is -2.01. The highest BCUT2D eigenvalue weighted by Gasteiger charge is 2.22. The smallest absolute Gasteiger partial charge is 0.165 e. The van der Waals surface area contributed by atoms with Gasteiger partial charge in [-0.15, -0.1) is 0 Å². The number of aromatic nitrogens is 3. The summed E-state index contributed by atoms with van der Waals surface area (Å²) in [7, 11) is 0. The Morgan fingerprint density at radius 1 is 0.362 bits per heavy atom. The van der Waals surface area contributed by atoms with Gasteiger partial charge in [0.15, 0.2) is 17.5 Å². The van der Waals surface area contributed by atoms with Gasteiger partial charge >= 0.3 is 0 Å². The monoisotopic (exact) mass is 601 g/mol. The van der Waals surface area contributed by atoms with Gasteiger partial charge in [-0.3, -0.25) is 0 Å². The molecule has 0 saturated heterocycles. The molecule has 0 fully saturated rings. The Morgan fingerprint density at radius 3 is 1.70 bits per heavy atom. The molecule has 0 saturated carbocycles. The maximum Gasteiger partial charge on any atom is 0.165 e. The van der Waals surface area contributed by atoms with Gasteiger partial charge in [-0.1, -0.05) is 140 Å². The highest BCUT2D eigenvalue weighted by atomic mass is 16.3. The number of benzene rings is 7. The molecule has 0 aliphatic rings. The van der Waals surface area contributed by atoms with Gasteiger partial charge in [0.2, 0.25) is 0 Å². The second-order valence-corrected chi connectivity index (χ2v) is 11.6. The summed E-state index contributed by atoms with van der Waals surface area (Å²) in [6.45, 7) is 0. The van der Waals surface area contributed by atoms with Crippen molar-refractivity contribution in [3.05, 3.63) is 164 Å². The lowest BCUT2D eigenvalue weighted by atomic mass is 9.94. The van der Waals surface area contributed by atoms with Crippen molar-refractivity contribution in [2.45, 2.75) is 0 Å². The van der Waals surface area contributed by atoms with Crippen LogP contribution in [0.3, 0.4) is 0 Å². The fraction of sp³-hybridized carbons (Fsp3) is 0. The molecule has 0 bridgehead atoms. The average Bonchev–Trinajstić information content (AvgIpc) is 3.54. The molecule has 220 valence electrons. The van der Waals surface area contributed by atoms with Crippen LogP contribution in [-0.2, 0) is 0 Å². The predicted octanol–water partition coefficient (Wildman–Crippen LogP) is 11.3. The predicted molar refractivity (Wildman–Crippen MR) is 192 cm³/mol. The van der Waals surface area contributed by atoms with Crippen molar-refractivity contribution < 1.29 is 4.42 Å². The maximum atomic E-state index is 6.35. The van der Waals surface area contributed by atoms with Gasteiger partial charge in [0.1, 0.15) is 11.2 Å². The number of fused-ring (bicyclic) bond motifs is 4. The topological polar surface area (TPSA) is 51.8 Å². The molecule has 0 amide bonds. The molecule has 4 nitrogen and oxygen atoms in total. The summed E-state index contributed by atoms with van der Waals surface area (Å²) in [4.78, 5) is 15.4. The Balaban J connectivity index is 1.26. The van der Waals surface area contributed by atoms with E-state index in [0.717, 1.165) is 55.3 Å². The number of hydrogen-bond acceptors (Lipinski definition) is 4. The molecule has 2 heterocycles. The van der Waals surface area contributed by atoms with Gasteiger partial charge in [-0.05, 0) is 57.3 Å². The zero-order valence-electron chi connectivity index (χ0n) is 25.3. The SMILES string of the molecule is c1ccc(-c2nc(-c3ccc(-c4ccc5ccccc5c4)cc3)nc(-c3c(-c4ccccc4)ccc4oc5ccccc5c34)n2)cc1. The van der Waals surface area contributed by atoms with E-state index in [1.165, 1.54) is 16.3 Å². The summed E-state index contributed by atoms with van der Waals surface area (Å²) >= 11 is 0. The summed E-state index contributed by atoms with van der Waals surface area (Å²) in [6, 6.07) is 56.3. The fourth-order valence-electron chi connectivity index (χ4n) is 6.42. The summed E-state index contributed by atoms with van der Waals surface area (Å²) in [6.07, 6.45) is 0. The first kappa shape index (κ1) is 27.0. The molecule has 0 radical (unpaired) electrons. The van der Waals surface area contributed by atoms with Crippen LogP contribution in [0, 0.1) is 0 Å². The zero-order valence-corrected chi connectivity index (χ0v) is 25.3. The minimum absolute atomic E-state index is 0.600. The number of furan rings is 1.